The highest BCUT2D eigenvalue weighted by atomic mass is 17.1. The van der Waals surface area contributed by atoms with Crippen LogP contribution in [0.15, 0.2) is 0 Å². The second kappa shape index (κ2) is 4.84. The fourth-order valence-corrected chi connectivity index (χ4v) is 2.35. The largest absolute Gasteiger partial charge is 0.441 e. The SMILES string of the molecule is CC(C)(C)N(C(=O)OO)C1CCCCC1. The maximum atomic E-state index is 11.5. The molecule has 1 N–H and O–H groups in total. The lowest BCUT2D eigenvalue weighted by Gasteiger charge is -2.41. The minimum Gasteiger partial charge on any atom is -0.298 e. The van der Waals surface area contributed by atoms with Crippen LogP contribution in [0.1, 0.15) is 52.9 Å². The monoisotopic (exact) mass is 215 g/mol. The summed E-state index contributed by atoms with van der Waals surface area (Å²) in [5.74, 6) is 0. The highest BCUT2D eigenvalue weighted by Gasteiger charge is 2.35. The van der Waals surface area contributed by atoms with E-state index in [1.807, 2.05) is 20.8 Å². The van der Waals surface area contributed by atoms with Crippen LogP contribution < -0.4 is 0 Å². The van der Waals surface area contributed by atoms with Gasteiger partial charge in [0.05, 0.1) is 0 Å². The van der Waals surface area contributed by atoms with Gasteiger partial charge in [-0.2, -0.15) is 5.26 Å². The maximum absolute atomic E-state index is 11.5. The summed E-state index contributed by atoms with van der Waals surface area (Å²) >= 11 is 0. The lowest BCUT2D eigenvalue weighted by atomic mass is 9.91. The third-order valence-corrected chi connectivity index (χ3v) is 2.94. The zero-order chi connectivity index (χ0) is 11.5. The molecule has 0 unspecified atom stereocenters. The molecular formula is C11H21NO3. The molecule has 0 atom stereocenters. The molecule has 88 valence electrons. The van der Waals surface area contributed by atoms with E-state index in [0.717, 1.165) is 25.7 Å². The molecule has 1 aliphatic rings. The average molecular weight is 215 g/mol. The van der Waals surface area contributed by atoms with Crippen LogP contribution in [0.5, 0.6) is 0 Å². The number of nitrogens with zero attached hydrogens (tertiary/aromatic N) is 1. The van der Waals surface area contributed by atoms with Crippen LogP contribution >= 0.6 is 0 Å². The molecule has 0 aliphatic heterocycles. The van der Waals surface area contributed by atoms with E-state index in [1.165, 1.54) is 6.42 Å². The van der Waals surface area contributed by atoms with Crippen LogP contribution in [-0.2, 0) is 4.89 Å². The summed E-state index contributed by atoms with van der Waals surface area (Å²) in [6, 6.07) is 0.207. The zero-order valence-corrected chi connectivity index (χ0v) is 9.82. The van der Waals surface area contributed by atoms with Crippen molar-refractivity contribution in [3.8, 4) is 0 Å². The zero-order valence-electron chi connectivity index (χ0n) is 9.82. The summed E-state index contributed by atoms with van der Waals surface area (Å²) in [6.07, 6.45) is 4.92. The molecule has 1 saturated carbocycles. The normalized spacial score (nSPS) is 18.7. The van der Waals surface area contributed by atoms with Gasteiger partial charge in [-0.05, 0) is 33.6 Å². The van der Waals surface area contributed by atoms with Crippen molar-refractivity contribution in [2.75, 3.05) is 0 Å². The van der Waals surface area contributed by atoms with Gasteiger partial charge in [0.25, 0.3) is 0 Å². The number of carbonyl (C=O) groups excluding carboxylic acids is 1. The van der Waals surface area contributed by atoms with Crippen LogP contribution in [-0.4, -0.2) is 27.8 Å². The van der Waals surface area contributed by atoms with Gasteiger partial charge in [-0.1, -0.05) is 19.3 Å². The van der Waals surface area contributed by atoms with Crippen molar-refractivity contribution in [3.05, 3.63) is 0 Å². The minimum atomic E-state index is -0.630. The van der Waals surface area contributed by atoms with Gasteiger partial charge in [0.15, 0.2) is 0 Å². The smallest absolute Gasteiger partial charge is 0.298 e. The highest BCUT2D eigenvalue weighted by molar-refractivity contribution is 5.68. The van der Waals surface area contributed by atoms with Crippen LogP contribution in [0.4, 0.5) is 4.79 Å². The second-order valence-corrected chi connectivity index (χ2v) is 5.19. The summed E-state index contributed by atoms with van der Waals surface area (Å²) < 4.78 is 0. The Morgan fingerprint density at radius 1 is 1.27 bits per heavy atom. The molecule has 1 rings (SSSR count). The lowest BCUT2D eigenvalue weighted by molar-refractivity contribution is -0.195. The molecular weight excluding hydrogens is 194 g/mol. The van der Waals surface area contributed by atoms with E-state index in [4.69, 9.17) is 5.26 Å². The number of rotatable bonds is 1. The van der Waals surface area contributed by atoms with Crippen LogP contribution in [0.25, 0.3) is 0 Å². The Morgan fingerprint density at radius 2 is 1.80 bits per heavy atom. The predicted molar refractivity (Wildman–Crippen MR) is 57.6 cm³/mol. The van der Waals surface area contributed by atoms with Crippen molar-refractivity contribution >= 4 is 6.09 Å². The van der Waals surface area contributed by atoms with E-state index >= 15 is 0 Å². The fourth-order valence-electron chi connectivity index (χ4n) is 2.35. The Kier molecular flexibility index (Phi) is 3.97. The molecule has 0 aromatic heterocycles. The van der Waals surface area contributed by atoms with Crippen LogP contribution in [0.2, 0.25) is 0 Å². The topological polar surface area (TPSA) is 49.8 Å². The standard InChI is InChI=1S/C11H21NO3/c1-11(2,3)12(10(13)15-14)9-7-5-4-6-8-9/h9,14H,4-8H2,1-3H3. The van der Waals surface area contributed by atoms with E-state index in [1.54, 1.807) is 4.90 Å². The van der Waals surface area contributed by atoms with Crippen LogP contribution in [0, 0.1) is 0 Å². The van der Waals surface area contributed by atoms with Gasteiger partial charge in [-0.3, -0.25) is 9.79 Å². The van der Waals surface area contributed by atoms with Gasteiger partial charge < -0.3 is 0 Å². The van der Waals surface area contributed by atoms with Gasteiger partial charge in [-0.25, -0.2) is 4.79 Å². The van der Waals surface area contributed by atoms with Gasteiger partial charge in [0, 0.05) is 11.6 Å². The molecule has 1 amide bonds. The Morgan fingerprint density at radius 3 is 2.20 bits per heavy atom. The Balaban J connectivity index is 2.75. The quantitative estimate of drug-likeness (QED) is 0.540. The maximum Gasteiger partial charge on any atom is 0.441 e. The number of hydrogen-bond donors (Lipinski definition) is 1. The first kappa shape index (κ1) is 12.3. The van der Waals surface area contributed by atoms with E-state index in [0.29, 0.717) is 0 Å². The molecule has 0 radical (unpaired) electrons. The molecule has 15 heavy (non-hydrogen) atoms. The molecule has 0 bridgehead atoms. The lowest BCUT2D eigenvalue weighted by Crippen LogP contribution is -2.52. The van der Waals surface area contributed by atoms with Crippen LogP contribution in [0.3, 0.4) is 0 Å². The number of carbonyl (C=O) groups is 1. The van der Waals surface area contributed by atoms with Crippen molar-refractivity contribution in [2.45, 2.75) is 64.5 Å². The summed E-state index contributed by atoms with van der Waals surface area (Å²) in [5, 5.41) is 8.51. The van der Waals surface area contributed by atoms with Crippen molar-refractivity contribution in [2.24, 2.45) is 0 Å². The van der Waals surface area contributed by atoms with Gasteiger partial charge >= 0.3 is 6.09 Å². The Labute approximate surface area is 91.1 Å². The second-order valence-electron chi connectivity index (χ2n) is 5.19. The van der Waals surface area contributed by atoms with Gasteiger partial charge in [-0.15, -0.1) is 0 Å². The van der Waals surface area contributed by atoms with E-state index in [9.17, 15) is 4.79 Å². The summed E-state index contributed by atoms with van der Waals surface area (Å²) in [4.78, 5) is 17.0. The number of hydrogen-bond acceptors (Lipinski definition) is 3. The Bertz CT molecular complexity index is 216. The third kappa shape index (κ3) is 3.09. The molecule has 0 spiro atoms. The molecule has 4 nitrogen and oxygen atoms in total. The Hall–Kier alpha value is -0.770. The first-order valence-corrected chi connectivity index (χ1v) is 5.61. The van der Waals surface area contributed by atoms with Gasteiger partial charge in [0.1, 0.15) is 0 Å². The molecule has 0 saturated heterocycles. The highest BCUT2D eigenvalue weighted by Crippen LogP contribution is 2.28. The van der Waals surface area contributed by atoms with Gasteiger partial charge in [0.2, 0.25) is 0 Å². The molecule has 1 fully saturated rings. The summed E-state index contributed by atoms with van der Waals surface area (Å²) in [6.45, 7) is 5.87. The molecule has 4 heteroatoms. The van der Waals surface area contributed by atoms with E-state index < -0.39 is 6.09 Å². The summed E-state index contributed by atoms with van der Waals surface area (Å²) in [7, 11) is 0. The molecule has 0 heterocycles. The third-order valence-electron chi connectivity index (χ3n) is 2.94. The van der Waals surface area contributed by atoms with Crippen molar-refractivity contribution in [1.29, 1.82) is 0 Å². The fraction of sp³-hybridized carbons (Fsp3) is 0.909. The minimum absolute atomic E-state index is 0.207. The van der Waals surface area contributed by atoms with E-state index in [2.05, 4.69) is 4.89 Å². The summed E-state index contributed by atoms with van der Waals surface area (Å²) in [5.41, 5.74) is -0.304. The molecule has 0 aromatic rings. The molecule has 1 aliphatic carbocycles. The first-order chi connectivity index (χ1) is 6.96. The van der Waals surface area contributed by atoms with E-state index in [-0.39, 0.29) is 11.6 Å². The number of amides is 1. The average Bonchev–Trinajstić information content (AvgIpc) is 2.17. The molecule has 0 aromatic carbocycles. The first-order valence-electron chi connectivity index (χ1n) is 5.61. The van der Waals surface area contributed by atoms with Crippen molar-refractivity contribution in [1.82, 2.24) is 4.90 Å². The van der Waals surface area contributed by atoms with Crippen molar-refractivity contribution in [3.63, 3.8) is 0 Å². The predicted octanol–water partition coefficient (Wildman–Crippen LogP) is 3.03. The van der Waals surface area contributed by atoms with Crippen molar-refractivity contribution < 1.29 is 14.9 Å².